The van der Waals surface area contributed by atoms with Crippen molar-refractivity contribution >= 4 is 11.4 Å². The Labute approximate surface area is 114 Å². The van der Waals surface area contributed by atoms with E-state index in [9.17, 15) is 0 Å². The van der Waals surface area contributed by atoms with E-state index in [4.69, 9.17) is 0 Å². The van der Waals surface area contributed by atoms with Crippen LogP contribution < -0.4 is 5.32 Å². The second-order valence-corrected chi connectivity index (χ2v) is 4.01. The van der Waals surface area contributed by atoms with Gasteiger partial charge in [0.05, 0.1) is 0 Å². The molecule has 19 heavy (non-hydrogen) atoms. The van der Waals surface area contributed by atoms with E-state index in [0.29, 0.717) is 0 Å². The Morgan fingerprint density at radius 1 is 0.368 bits per heavy atom. The maximum absolute atomic E-state index is 3.30. The number of hydrogen-bond acceptors (Lipinski definition) is 1. The number of hydrogen-bond donors (Lipinski definition) is 1. The maximum atomic E-state index is 3.30. The fourth-order valence-corrected chi connectivity index (χ4v) is 1.59. The first-order valence-corrected chi connectivity index (χ1v) is 6.32. The van der Waals surface area contributed by atoms with E-state index < -0.39 is 0 Å². The van der Waals surface area contributed by atoms with Gasteiger partial charge in [-0.15, -0.1) is 0 Å². The largest absolute Gasteiger partial charge is 0.356 e. The first kappa shape index (κ1) is 12.9. The quantitative estimate of drug-likeness (QED) is 0.663. The molecular formula is C18H17N. The van der Waals surface area contributed by atoms with E-state index in [2.05, 4.69) is 5.32 Å². The third-order valence-electron chi connectivity index (χ3n) is 2.50. The Morgan fingerprint density at radius 2 is 0.632 bits per heavy atom. The summed E-state index contributed by atoms with van der Waals surface area (Å²) >= 11 is 0. The van der Waals surface area contributed by atoms with Crippen LogP contribution in [-0.2, 0) is 0 Å². The zero-order chi connectivity index (χ0) is 13.2. The van der Waals surface area contributed by atoms with Gasteiger partial charge in [0.25, 0.3) is 0 Å². The number of nitrogens with one attached hydrogen (secondary N) is 1. The predicted molar refractivity (Wildman–Crippen MR) is 82.6 cm³/mol. The van der Waals surface area contributed by atoms with Crippen molar-refractivity contribution in [2.24, 2.45) is 0 Å². The second kappa shape index (κ2) is 7.72. The SMILES string of the molecule is c1ccc(Nc2ccccc2)cc1.c1ccccc1. The molecular weight excluding hydrogens is 230 g/mol. The molecule has 0 atom stereocenters. The fraction of sp³-hybridized carbons (Fsp3) is 0. The molecule has 1 nitrogen and oxygen atoms in total. The van der Waals surface area contributed by atoms with Crippen LogP contribution in [0.15, 0.2) is 97.1 Å². The Bertz CT molecular complexity index is 483. The summed E-state index contributed by atoms with van der Waals surface area (Å²) in [7, 11) is 0. The summed E-state index contributed by atoms with van der Waals surface area (Å²) in [5.41, 5.74) is 2.24. The van der Waals surface area contributed by atoms with E-state index in [1.54, 1.807) is 0 Å². The lowest BCUT2D eigenvalue weighted by molar-refractivity contribution is 1.55. The van der Waals surface area contributed by atoms with Gasteiger partial charge in [-0.2, -0.15) is 0 Å². The van der Waals surface area contributed by atoms with Crippen molar-refractivity contribution < 1.29 is 0 Å². The van der Waals surface area contributed by atoms with Crippen molar-refractivity contribution in [3.8, 4) is 0 Å². The Hall–Kier alpha value is -2.54. The summed E-state index contributed by atoms with van der Waals surface area (Å²) in [4.78, 5) is 0. The third-order valence-corrected chi connectivity index (χ3v) is 2.50. The minimum absolute atomic E-state index is 1.12. The molecule has 94 valence electrons. The van der Waals surface area contributed by atoms with E-state index in [1.165, 1.54) is 0 Å². The van der Waals surface area contributed by atoms with Gasteiger partial charge in [0, 0.05) is 11.4 Å². The van der Waals surface area contributed by atoms with Crippen molar-refractivity contribution in [1.29, 1.82) is 0 Å². The molecule has 1 N–H and O–H groups in total. The van der Waals surface area contributed by atoms with Crippen LogP contribution in [0, 0.1) is 0 Å². The van der Waals surface area contributed by atoms with Crippen LogP contribution in [0.1, 0.15) is 0 Å². The van der Waals surface area contributed by atoms with Gasteiger partial charge in [-0.25, -0.2) is 0 Å². The van der Waals surface area contributed by atoms with Crippen LogP contribution in [0.25, 0.3) is 0 Å². The summed E-state index contributed by atoms with van der Waals surface area (Å²) in [6, 6.07) is 32.3. The third kappa shape index (κ3) is 5.09. The number of benzene rings is 3. The van der Waals surface area contributed by atoms with Crippen molar-refractivity contribution in [2.75, 3.05) is 5.32 Å². The molecule has 0 aromatic heterocycles. The van der Waals surface area contributed by atoms with Gasteiger partial charge in [0.15, 0.2) is 0 Å². The van der Waals surface area contributed by atoms with Gasteiger partial charge < -0.3 is 5.32 Å². The highest BCUT2D eigenvalue weighted by Crippen LogP contribution is 2.14. The van der Waals surface area contributed by atoms with Gasteiger partial charge in [-0.3, -0.25) is 0 Å². The van der Waals surface area contributed by atoms with Crippen molar-refractivity contribution in [3.63, 3.8) is 0 Å². The standard InChI is InChI=1S/C12H11N.C6H6/c1-3-7-11(8-4-1)13-12-9-5-2-6-10-12;1-2-4-6-5-3-1/h1-10,13H;1-6H. The number of para-hydroxylation sites is 2. The summed E-state index contributed by atoms with van der Waals surface area (Å²) < 4.78 is 0. The van der Waals surface area contributed by atoms with Gasteiger partial charge in [-0.1, -0.05) is 72.8 Å². The molecule has 0 radical (unpaired) electrons. The highest BCUT2D eigenvalue weighted by atomic mass is 14.9. The lowest BCUT2D eigenvalue weighted by Crippen LogP contribution is -1.87. The van der Waals surface area contributed by atoms with Gasteiger partial charge in [0.1, 0.15) is 0 Å². The van der Waals surface area contributed by atoms with E-state index >= 15 is 0 Å². The van der Waals surface area contributed by atoms with Crippen LogP contribution in [0.2, 0.25) is 0 Å². The second-order valence-electron chi connectivity index (χ2n) is 4.01. The average molecular weight is 247 g/mol. The molecule has 3 rings (SSSR count). The van der Waals surface area contributed by atoms with Gasteiger partial charge >= 0.3 is 0 Å². The Balaban J connectivity index is 0.000000186. The molecule has 0 aliphatic rings. The molecule has 3 aromatic rings. The smallest absolute Gasteiger partial charge is 0.0384 e. The van der Waals surface area contributed by atoms with Gasteiger partial charge in [0.2, 0.25) is 0 Å². The summed E-state index contributed by atoms with van der Waals surface area (Å²) in [6.07, 6.45) is 0. The predicted octanol–water partition coefficient (Wildman–Crippen LogP) is 5.12. The normalized spacial score (nSPS) is 9.05. The Kier molecular flexibility index (Phi) is 5.24. The Morgan fingerprint density at radius 3 is 0.947 bits per heavy atom. The zero-order valence-electron chi connectivity index (χ0n) is 10.7. The molecule has 3 aromatic carbocycles. The molecule has 0 aliphatic heterocycles. The van der Waals surface area contributed by atoms with E-state index in [0.717, 1.165) is 11.4 Å². The van der Waals surface area contributed by atoms with Crippen LogP contribution in [0.4, 0.5) is 11.4 Å². The molecule has 0 bridgehead atoms. The monoisotopic (exact) mass is 247 g/mol. The van der Waals surface area contributed by atoms with Crippen molar-refractivity contribution in [2.45, 2.75) is 0 Å². The maximum Gasteiger partial charge on any atom is 0.0384 e. The molecule has 0 heterocycles. The molecule has 0 saturated carbocycles. The first-order valence-electron chi connectivity index (χ1n) is 6.32. The summed E-state index contributed by atoms with van der Waals surface area (Å²) in [5, 5.41) is 3.30. The minimum atomic E-state index is 1.12. The highest BCUT2D eigenvalue weighted by Gasteiger charge is 1.89. The fourth-order valence-electron chi connectivity index (χ4n) is 1.59. The molecule has 1 heteroatoms. The zero-order valence-corrected chi connectivity index (χ0v) is 10.7. The molecule has 0 spiro atoms. The average Bonchev–Trinajstić information content (AvgIpc) is 2.52. The van der Waals surface area contributed by atoms with Gasteiger partial charge in [-0.05, 0) is 24.3 Å². The van der Waals surface area contributed by atoms with E-state index in [-0.39, 0.29) is 0 Å². The van der Waals surface area contributed by atoms with Crippen LogP contribution >= 0.6 is 0 Å². The summed E-state index contributed by atoms with van der Waals surface area (Å²) in [6.45, 7) is 0. The number of anilines is 2. The molecule has 0 amide bonds. The topological polar surface area (TPSA) is 12.0 Å². The molecule has 0 aliphatic carbocycles. The molecule has 0 fully saturated rings. The lowest BCUT2D eigenvalue weighted by atomic mass is 10.3. The van der Waals surface area contributed by atoms with Crippen LogP contribution in [-0.4, -0.2) is 0 Å². The molecule has 0 saturated heterocycles. The van der Waals surface area contributed by atoms with Crippen molar-refractivity contribution in [3.05, 3.63) is 97.1 Å². The van der Waals surface area contributed by atoms with Crippen LogP contribution in [0.3, 0.4) is 0 Å². The van der Waals surface area contributed by atoms with Crippen molar-refractivity contribution in [1.82, 2.24) is 0 Å². The summed E-state index contributed by atoms with van der Waals surface area (Å²) in [5.74, 6) is 0. The molecule has 0 unspecified atom stereocenters. The minimum Gasteiger partial charge on any atom is -0.356 e. The van der Waals surface area contributed by atoms with Crippen LogP contribution in [0.5, 0.6) is 0 Å². The highest BCUT2D eigenvalue weighted by molar-refractivity contribution is 5.58. The van der Waals surface area contributed by atoms with E-state index in [1.807, 2.05) is 97.1 Å². The lowest BCUT2D eigenvalue weighted by Gasteiger charge is -2.04. The first-order chi connectivity index (χ1) is 9.45. The number of rotatable bonds is 2.